The van der Waals surface area contributed by atoms with Crippen molar-refractivity contribution >= 4 is 39.8 Å². The van der Waals surface area contributed by atoms with Gasteiger partial charge in [-0.05, 0) is 25.0 Å². The molecule has 0 aliphatic carbocycles. The second kappa shape index (κ2) is 9.67. The molecule has 0 spiro atoms. The molecule has 0 unspecified atom stereocenters. The Bertz CT molecular complexity index is 1230. The molecule has 0 aliphatic rings. The number of rotatable bonds is 7. The van der Waals surface area contributed by atoms with Gasteiger partial charge in [0.2, 0.25) is 5.91 Å². The molecule has 0 aliphatic heterocycles. The number of amides is 1. The molecule has 32 heavy (non-hydrogen) atoms. The van der Waals surface area contributed by atoms with Crippen LogP contribution in [0.15, 0.2) is 59.1 Å². The number of nitrogens with zero attached hydrogens (tertiary/aromatic N) is 5. The number of carbonyl (C=O) groups is 1. The van der Waals surface area contributed by atoms with E-state index in [2.05, 4.69) is 54.4 Å². The number of thioether (sulfide) groups is 1. The van der Waals surface area contributed by atoms with Crippen LogP contribution in [0.5, 0.6) is 0 Å². The van der Waals surface area contributed by atoms with Crippen LogP contribution in [0, 0.1) is 6.92 Å². The van der Waals surface area contributed by atoms with Gasteiger partial charge in [0.1, 0.15) is 0 Å². The van der Waals surface area contributed by atoms with Gasteiger partial charge in [-0.3, -0.25) is 9.69 Å². The monoisotopic (exact) mass is 463 g/mol. The Labute approximate surface area is 196 Å². The maximum Gasteiger partial charge on any atom is 0.230 e. The number of para-hydroxylation sites is 1. The molecule has 2 aromatic heterocycles. The van der Waals surface area contributed by atoms with E-state index in [0.717, 1.165) is 39.9 Å². The van der Waals surface area contributed by atoms with Crippen molar-refractivity contribution in [2.75, 3.05) is 4.90 Å². The maximum absolute atomic E-state index is 12.5. The second-order valence-corrected chi connectivity index (χ2v) is 9.26. The summed E-state index contributed by atoms with van der Waals surface area (Å²) in [6, 6.07) is 16.2. The average Bonchev–Trinajstić information content (AvgIpc) is 3.40. The largest absolute Gasteiger partial charge is 0.305 e. The minimum Gasteiger partial charge on any atom is -0.305 e. The lowest BCUT2D eigenvalue weighted by atomic mass is 10.1. The Morgan fingerprint density at radius 2 is 1.88 bits per heavy atom. The lowest BCUT2D eigenvalue weighted by molar-refractivity contribution is -0.115. The van der Waals surface area contributed by atoms with Crippen molar-refractivity contribution in [3.63, 3.8) is 0 Å². The third-order valence-corrected chi connectivity index (χ3v) is 7.08. The highest BCUT2D eigenvalue weighted by Gasteiger charge is 2.20. The van der Waals surface area contributed by atoms with E-state index >= 15 is 0 Å². The highest BCUT2D eigenvalue weighted by molar-refractivity contribution is 7.98. The highest BCUT2D eigenvalue weighted by atomic mass is 32.2. The van der Waals surface area contributed by atoms with Gasteiger partial charge in [0.25, 0.3) is 0 Å². The van der Waals surface area contributed by atoms with Crippen molar-refractivity contribution in [3.05, 3.63) is 70.7 Å². The predicted octanol–water partition coefficient (Wildman–Crippen LogP) is 5.79. The third-order valence-electron chi connectivity index (χ3n) is 5.15. The van der Waals surface area contributed by atoms with Crippen molar-refractivity contribution in [1.82, 2.24) is 19.7 Å². The zero-order chi connectivity index (χ0) is 22.7. The number of carbonyl (C=O) groups excluding carboxylic acids is 1. The van der Waals surface area contributed by atoms with Crippen molar-refractivity contribution < 1.29 is 4.79 Å². The predicted molar refractivity (Wildman–Crippen MR) is 131 cm³/mol. The molecule has 0 saturated heterocycles. The molecule has 0 radical (unpaired) electrons. The summed E-state index contributed by atoms with van der Waals surface area (Å²) in [6.07, 6.45) is 0.851. The van der Waals surface area contributed by atoms with Crippen molar-refractivity contribution in [2.45, 2.75) is 38.1 Å². The van der Waals surface area contributed by atoms with Crippen molar-refractivity contribution in [3.8, 4) is 11.4 Å². The summed E-state index contributed by atoms with van der Waals surface area (Å²) in [7, 11) is 1.98. The summed E-state index contributed by atoms with van der Waals surface area (Å²) in [5.41, 5.74) is 5.19. The van der Waals surface area contributed by atoms with E-state index in [-0.39, 0.29) is 5.91 Å². The van der Waals surface area contributed by atoms with Crippen molar-refractivity contribution in [2.24, 2.45) is 7.05 Å². The maximum atomic E-state index is 12.5. The van der Waals surface area contributed by atoms with E-state index in [0.29, 0.717) is 10.9 Å². The normalized spacial score (nSPS) is 11.0. The standard InChI is InChI=1S/C24H25N5OS2/c1-5-18-8-6-7-9-21(18)29(17(3)30)23-25-20(14-31-23)15-32-24-27-26-22(28(24)4)19-12-10-16(2)11-13-19/h6-14H,5,15H2,1-4H3. The molecule has 0 bridgehead atoms. The summed E-state index contributed by atoms with van der Waals surface area (Å²) in [5, 5.41) is 12.2. The summed E-state index contributed by atoms with van der Waals surface area (Å²) in [5.74, 6) is 1.44. The van der Waals surface area contributed by atoms with E-state index in [9.17, 15) is 4.79 Å². The summed E-state index contributed by atoms with van der Waals surface area (Å²) >= 11 is 3.07. The lowest BCUT2D eigenvalue weighted by Crippen LogP contribution is -2.23. The molecule has 1 amide bonds. The van der Waals surface area contributed by atoms with E-state index in [1.165, 1.54) is 16.9 Å². The summed E-state index contributed by atoms with van der Waals surface area (Å²) in [4.78, 5) is 18.9. The van der Waals surface area contributed by atoms with Gasteiger partial charge in [-0.1, -0.05) is 66.7 Å². The van der Waals surface area contributed by atoms with Crippen LogP contribution >= 0.6 is 23.1 Å². The molecule has 164 valence electrons. The molecule has 0 fully saturated rings. The molecule has 0 N–H and O–H groups in total. The molecule has 0 saturated carbocycles. The number of hydrogen-bond acceptors (Lipinski definition) is 6. The highest BCUT2D eigenvalue weighted by Crippen LogP contribution is 2.33. The number of aryl methyl sites for hydroxylation is 2. The van der Waals surface area contributed by atoms with Gasteiger partial charge in [0.05, 0.1) is 11.4 Å². The minimum atomic E-state index is -0.0458. The average molecular weight is 464 g/mol. The molecule has 8 heteroatoms. The molecular formula is C24H25N5OS2. The SMILES string of the molecule is CCc1ccccc1N(C(C)=O)c1nc(CSc2nnc(-c3ccc(C)cc3)n2C)cs1. The summed E-state index contributed by atoms with van der Waals surface area (Å²) < 4.78 is 2.00. The Morgan fingerprint density at radius 1 is 1.12 bits per heavy atom. The molecule has 4 aromatic rings. The first-order valence-electron chi connectivity index (χ1n) is 10.4. The lowest BCUT2D eigenvalue weighted by Gasteiger charge is -2.20. The van der Waals surface area contributed by atoms with Crippen LogP contribution in [-0.2, 0) is 24.0 Å². The van der Waals surface area contributed by atoms with Gasteiger partial charge < -0.3 is 4.57 Å². The number of aromatic nitrogens is 4. The van der Waals surface area contributed by atoms with Crippen LogP contribution in [0.2, 0.25) is 0 Å². The molecule has 4 rings (SSSR count). The fourth-order valence-electron chi connectivity index (χ4n) is 3.43. The van der Waals surface area contributed by atoms with Crippen LogP contribution < -0.4 is 4.90 Å². The van der Waals surface area contributed by atoms with Crippen LogP contribution in [-0.4, -0.2) is 25.7 Å². The molecule has 2 heterocycles. The van der Waals surface area contributed by atoms with E-state index in [4.69, 9.17) is 4.98 Å². The second-order valence-electron chi connectivity index (χ2n) is 7.48. The zero-order valence-corrected chi connectivity index (χ0v) is 20.2. The van der Waals surface area contributed by atoms with Crippen LogP contribution in [0.4, 0.5) is 10.8 Å². The molecule has 2 aromatic carbocycles. The smallest absolute Gasteiger partial charge is 0.230 e. The van der Waals surface area contributed by atoms with Gasteiger partial charge in [-0.2, -0.15) is 0 Å². The Hall–Kier alpha value is -2.97. The quantitative estimate of drug-likeness (QED) is 0.325. The first-order chi connectivity index (χ1) is 15.5. The van der Waals surface area contributed by atoms with Gasteiger partial charge >= 0.3 is 0 Å². The van der Waals surface area contributed by atoms with Crippen LogP contribution in [0.1, 0.15) is 30.7 Å². The first-order valence-corrected chi connectivity index (χ1v) is 12.3. The Kier molecular flexibility index (Phi) is 6.72. The fraction of sp³-hybridized carbons (Fsp3) is 0.250. The summed E-state index contributed by atoms with van der Waals surface area (Å²) in [6.45, 7) is 5.74. The number of hydrogen-bond donors (Lipinski definition) is 0. The van der Waals surface area contributed by atoms with E-state index in [1.54, 1.807) is 23.6 Å². The van der Waals surface area contributed by atoms with E-state index < -0.39 is 0 Å². The van der Waals surface area contributed by atoms with Crippen LogP contribution in [0.25, 0.3) is 11.4 Å². The molecule has 6 nitrogen and oxygen atoms in total. The topological polar surface area (TPSA) is 63.9 Å². The van der Waals surface area contributed by atoms with Crippen LogP contribution in [0.3, 0.4) is 0 Å². The number of anilines is 2. The molecule has 0 atom stereocenters. The number of thiazole rings is 1. The van der Waals surface area contributed by atoms with Gasteiger partial charge in [0, 0.05) is 30.7 Å². The number of benzene rings is 2. The van der Waals surface area contributed by atoms with E-state index in [1.807, 2.05) is 35.2 Å². The Balaban J connectivity index is 1.51. The zero-order valence-electron chi connectivity index (χ0n) is 18.6. The third kappa shape index (κ3) is 4.61. The minimum absolute atomic E-state index is 0.0458. The first kappa shape index (κ1) is 22.2. The van der Waals surface area contributed by atoms with Gasteiger partial charge in [0.15, 0.2) is 16.1 Å². The Morgan fingerprint density at radius 3 is 2.59 bits per heavy atom. The fourth-order valence-corrected chi connectivity index (χ4v) is 5.22. The molecular weight excluding hydrogens is 438 g/mol. The van der Waals surface area contributed by atoms with Gasteiger partial charge in [-0.25, -0.2) is 4.98 Å². The van der Waals surface area contributed by atoms with Gasteiger partial charge in [-0.15, -0.1) is 21.5 Å². The van der Waals surface area contributed by atoms with Crippen molar-refractivity contribution in [1.29, 1.82) is 0 Å².